The maximum atomic E-state index is 13.3. The highest BCUT2D eigenvalue weighted by molar-refractivity contribution is 5.76. The number of hydrogen-bond acceptors (Lipinski definition) is 13. The second kappa shape index (κ2) is 56.2. The van der Waals surface area contributed by atoms with Crippen LogP contribution in [0, 0.1) is 0 Å². The van der Waals surface area contributed by atoms with Gasteiger partial charge in [0.2, 0.25) is 5.91 Å². The quantitative estimate of drug-likeness (QED) is 0.0204. The molecule has 0 saturated carbocycles. The van der Waals surface area contributed by atoms with Gasteiger partial charge in [-0.2, -0.15) is 0 Å². The van der Waals surface area contributed by atoms with Gasteiger partial charge in [-0.05, 0) is 70.6 Å². The van der Waals surface area contributed by atoms with Crippen LogP contribution in [-0.2, 0) is 23.7 Å². The topological polar surface area (TPSA) is 228 Å². The van der Waals surface area contributed by atoms with Gasteiger partial charge in [-0.15, -0.1) is 0 Å². The summed E-state index contributed by atoms with van der Waals surface area (Å²) < 4.78 is 22.8. The molecule has 2 rings (SSSR count). The number of nitrogens with one attached hydrogen (secondary N) is 1. The molecule has 0 radical (unpaired) electrons. The van der Waals surface area contributed by atoms with E-state index in [-0.39, 0.29) is 18.9 Å². The summed E-state index contributed by atoms with van der Waals surface area (Å²) in [4.78, 5) is 13.3. The number of aliphatic hydroxyl groups excluding tert-OH is 8. The van der Waals surface area contributed by atoms with Crippen molar-refractivity contribution >= 4 is 5.91 Å². The molecule has 2 saturated heterocycles. The lowest BCUT2D eigenvalue weighted by Crippen LogP contribution is -2.65. The number of carbonyl (C=O) groups excluding carboxylic acids is 1. The van der Waals surface area contributed by atoms with Crippen molar-refractivity contribution in [3.8, 4) is 0 Å². The zero-order chi connectivity index (χ0) is 62.3. The molecule has 0 aliphatic carbocycles. The second-order valence-electron chi connectivity index (χ2n) is 24.3. The lowest BCUT2D eigenvalue weighted by molar-refractivity contribution is -0.359. The first-order chi connectivity index (χ1) is 42.1. The molecule has 86 heavy (non-hydrogen) atoms. The molecule has 14 heteroatoms. The molecule has 12 atom stereocenters. The Labute approximate surface area is 522 Å². The first-order valence-corrected chi connectivity index (χ1v) is 34.8. The largest absolute Gasteiger partial charge is 0.394 e. The fourth-order valence-electron chi connectivity index (χ4n) is 11.1. The molecule has 498 valence electrons. The molecule has 0 aromatic rings. The standard InChI is InChI=1S/C72H127NO13/c1-3-5-7-9-11-13-15-17-18-19-20-21-22-23-24-25-26-27-28-29-30-31-32-33-34-35-36-37-38-39-40-41-42-44-46-48-50-52-54-56-64(77)73-60(61(76)55-53-51-49-47-45-43-16-14-12-10-8-6-4-2)59-83-71-69(82)67(80)70(63(58-75)85-71)86-72-68(81)66(79)65(78)62(57-74)84-72/h5,7,11,13,17-18,20-21,23-24,26-27,53,55,60-63,65-72,74-76,78-82H,3-4,6,8-10,12,14-16,19,22,25,28-52,54,56-59H2,1-2H3,(H,73,77)/b7-5-,13-11-,18-17-,21-20-,24-23-,27-26-,55-53+. The maximum absolute atomic E-state index is 13.3. The number of rotatable bonds is 56. The SMILES string of the molecule is CC/C=C\C/C=C\C/C=C\C/C=C\C/C=C\C/C=C\CCCCCCCCCCCCCCCCCCCCCCC(=O)NC(COC1OC(CO)C(OC2OC(CO)C(O)C(O)C2O)C(O)C1O)C(O)/C=C/CCCCCCCCCCCCC. The van der Waals surface area contributed by atoms with Crippen molar-refractivity contribution in [1.29, 1.82) is 0 Å². The van der Waals surface area contributed by atoms with E-state index in [4.69, 9.17) is 18.9 Å². The Hall–Kier alpha value is -2.83. The third-order valence-electron chi connectivity index (χ3n) is 16.6. The smallest absolute Gasteiger partial charge is 0.220 e. The van der Waals surface area contributed by atoms with Gasteiger partial charge >= 0.3 is 0 Å². The van der Waals surface area contributed by atoms with E-state index >= 15 is 0 Å². The Morgan fingerprint density at radius 2 is 0.802 bits per heavy atom. The number of aliphatic hydroxyl groups is 8. The van der Waals surface area contributed by atoms with Crippen LogP contribution in [0.1, 0.15) is 271 Å². The number of amides is 1. The lowest BCUT2D eigenvalue weighted by atomic mass is 9.97. The highest BCUT2D eigenvalue weighted by Gasteiger charge is 2.51. The number of carbonyl (C=O) groups is 1. The Balaban J connectivity index is 1.57. The molecule has 0 spiro atoms. The molecule has 12 unspecified atom stereocenters. The van der Waals surface area contributed by atoms with E-state index in [1.165, 1.54) is 167 Å². The van der Waals surface area contributed by atoms with Crippen LogP contribution in [-0.4, -0.2) is 140 Å². The Kier molecular flexibility index (Phi) is 51.8. The molecule has 2 heterocycles. The van der Waals surface area contributed by atoms with Crippen LogP contribution in [0.4, 0.5) is 0 Å². The van der Waals surface area contributed by atoms with Crippen molar-refractivity contribution in [3.63, 3.8) is 0 Å². The maximum Gasteiger partial charge on any atom is 0.220 e. The molecule has 2 fully saturated rings. The van der Waals surface area contributed by atoms with Gasteiger partial charge in [0.15, 0.2) is 12.6 Å². The predicted octanol–water partition coefficient (Wildman–Crippen LogP) is 14.0. The average Bonchev–Trinajstić information content (AvgIpc) is 2.76. The number of allylic oxidation sites excluding steroid dienone is 13. The van der Waals surface area contributed by atoms with Crippen LogP contribution >= 0.6 is 0 Å². The van der Waals surface area contributed by atoms with E-state index in [1.807, 2.05) is 6.08 Å². The summed E-state index contributed by atoms with van der Waals surface area (Å²) in [7, 11) is 0. The molecule has 0 aromatic heterocycles. The Bertz CT molecular complexity index is 1770. The third-order valence-corrected chi connectivity index (χ3v) is 16.6. The minimum Gasteiger partial charge on any atom is -0.394 e. The van der Waals surface area contributed by atoms with Gasteiger partial charge in [-0.1, -0.05) is 279 Å². The summed E-state index contributed by atoms with van der Waals surface area (Å²) in [6.07, 6.45) is 60.8. The van der Waals surface area contributed by atoms with E-state index in [9.17, 15) is 45.6 Å². The fourth-order valence-corrected chi connectivity index (χ4v) is 11.1. The van der Waals surface area contributed by atoms with Gasteiger partial charge in [0, 0.05) is 6.42 Å². The lowest BCUT2D eigenvalue weighted by Gasteiger charge is -2.46. The van der Waals surface area contributed by atoms with Crippen LogP contribution in [0.15, 0.2) is 85.1 Å². The molecule has 9 N–H and O–H groups in total. The Morgan fingerprint density at radius 3 is 1.23 bits per heavy atom. The molecule has 1 amide bonds. The molecular weight excluding hydrogens is 1090 g/mol. The minimum absolute atomic E-state index is 0.238. The summed E-state index contributed by atoms with van der Waals surface area (Å²) in [6.45, 7) is 2.69. The van der Waals surface area contributed by atoms with Crippen LogP contribution in [0.5, 0.6) is 0 Å². The van der Waals surface area contributed by atoms with Crippen molar-refractivity contribution in [2.24, 2.45) is 0 Å². The normalized spacial score (nSPS) is 23.9. The predicted molar refractivity (Wildman–Crippen MR) is 350 cm³/mol. The highest BCUT2D eigenvalue weighted by Crippen LogP contribution is 2.30. The summed E-state index contributed by atoms with van der Waals surface area (Å²) in [5, 5.41) is 87.2. The third kappa shape index (κ3) is 40.0. The minimum atomic E-state index is -1.79. The van der Waals surface area contributed by atoms with Crippen molar-refractivity contribution in [3.05, 3.63) is 85.1 Å². The molecule has 0 bridgehead atoms. The van der Waals surface area contributed by atoms with E-state index in [2.05, 4.69) is 92.1 Å². The summed E-state index contributed by atoms with van der Waals surface area (Å²) >= 11 is 0. The number of unbranched alkanes of at least 4 members (excludes halogenated alkanes) is 31. The van der Waals surface area contributed by atoms with Gasteiger partial charge in [0.05, 0.1) is 32.0 Å². The molecular formula is C72H127NO13. The zero-order valence-electron chi connectivity index (χ0n) is 54.0. The first kappa shape index (κ1) is 79.3. The Morgan fingerprint density at radius 1 is 0.430 bits per heavy atom. The molecule has 14 nitrogen and oxygen atoms in total. The van der Waals surface area contributed by atoms with Crippen LogP contribution in [0.25, 0.3) is 0 Å². The van der Waals surface area contributed by atoms with Crippen LogP contribution in [0.3, 0.4) is 0 Å². The first-order valence-electron chi connectivity index (χ1n) is 34.8. The van der Waals surface area contributed by atoms with Crippen LogP contribution < -0.4 is 5.32 Å². The van der Waals surface area contributed by atoms with Gasteiger partial charge in [0.1, 0.15) is 48.8 Å². The van der Waals surface area contributed by atoms with Gasteiger partial charge in [-0.3, -0.25) is 4.79 Å². The number of ether oxygens (including phenoxy) is 4. The van der Waals surface area contributed by atoms with E-state index in [1.54, 1.807) is 6.08 Å². The van der Waals surface area contributed by atoms with Crippen molar-refractivity contribution < 1.29 is 64.6 Å². The van der Waals surface area contributed by atoms with Crippen molar-refractivity contribution in [1.82, 2.24) is 5.32 Å². The van der Waals surface area contributed by atoms with Gasteiger partial charge in [0.25, 0.3) is 0 Å². The van der Waals surface area contributed by atoms with E-state index < -0.39 is 86.8 Å². The highest BCUT2D eigenvalue weighted by atomic mass is 16.7. The summed E-state index contributed by atoms with van der Waals surface area (Å²) in [6, 6.07) is -0.915. The molecule has 2 aliphatic heterocycles. The molecule has 0 aromatic carbocycles. The van der Waals surface area contributed by atoms with Gasteiger partial charge in [-0.25, -0.2) is 0 Å². The van der Waals surface area contributed by atoms with Crippen molar-refractivity contribution in [2.75, 3.05) is 19.8 Å². The monoisotopic (exact) mass is 1210 g/mol. The summed E-state index contributed by atoms with van der Waals surface area (Å²) in [5.74, 6) is -0.238. The zero-order valence-corrected chi connectivity index (χ0v) is 54.0. The molecule has 2 aliphatic rings. The van der Waals surface area contributed by atoms with Gasteiger partial charge < -0.3 is 65.1 Å². The van der Waals surface area contributed by atoms with Crippen LogP contribution in [0.2, 0.25) is 0 Å². The summed E-state index contributed by atoms with van der Waals surface area (Å²) in [5.41, 5.74) is 0. The van der Waals surface area contributed by atoms with E-state index in [0.717, 1.165) is 77.0 Å². The average molecular weight is 1210 g/mol. The number of hydrogen-bond donors (Lipinski definition) is 9. The fraction of sp³-hybridized carbons (Fsp3) is 0.792. The van der Waals surface area contributed by atoms with Crippen molar-refractivity contribution in [2.45, 2.75) is 344 Å². The van der Waals surface area contributed by atoms with E-state index in [0.29, 0.717) is 6.42 Å². The second-order valence-corrected chi connectivity index (χ2v) is 24.3.